The molecule has 2 aromatic carbocycles. The van der Waals surface area contributed by atoms with Crippen LogP contribution in [0.15, 0.2) is 48.5 Å². The van der Waals surface area contributed by atoms with Crippen molar-refractivity contribution >= 4 is 23.8 Å². The van der Waals surface area contributed by atoms with Crippen LogP contribution in [-0.4, -0.2) is 36.8 Å². The average Bonchev–Trinajstić information content (AvgIpc) is 2.78. The first-order chi connectivity index (χ1) is 15.8. The standard InChI is InChI=1S/C25H30N2O6/c1-18(28)32-22-12-8-20(9-13-22)24(30)26-16-6-4-3-5-7-17-27-25(31)21-10-14-23(15-11-21)33-19(2)29/h8-15H,3-7,16-17H2,1-2H3,(H,26,30)(H,27,31). The number of rotatable bonds is 12. The summed E-state index contributed by atoms with van der Waals surface area (Å²) in [5, 5.41) is 5.75. The minimum atomic E-state index is -0.401. The van der Waals surface area contributed by atoms with E-state index in [-0.39, 0.29) is 11.8 Å². The van der Waals surface area contributed by atoms with Crippen molar-refractivity contribution in [1.29, 1.82) is 0 Å². The first kappa shape index (κ1) is 25.6. The highest BCUT2D eigenvalue weighted by Gasteiger charge is 2.07. The molecular weight excluding hydrogens is 424 g/mol. The van der Waals surface area contributed by atoms with E-state index in [1.807, 2.05) is 0 Å². The lowest BCUT2D eigenvalue weighted by Crippen LogP contribution is -2.24. The molecule has 2 rings (SSSR count). The Morgan fingerprint density at radius 2 is 0.909 bits per heavy atom. The van der Waals surface area contributed by atoms with Crippen molar-refractivity contribution in [1.82, 2.24) is 10.6 Å². The molecule has 33 heavy (non-hydrogen) atoms. The smallest absolute Gasteiger partial charge is 0.308 e. The highest BCUT2D eigenvalue weighted by atomic mass is 16.5. The SMILES string of the molecule is CC(=O)Oc1ccc(C(=O)NCCCCCCCNC(=O)c2ccc(OC(C)=O)cc2)cc1. The second kappa shape index (κ2) is 13.7. The minimum Gasteiger partial charge on any atom is -0.427 e. The van der Waals surface area contributed by atoms with Gasteiger partial charge in [0.05, 0.1) is 0 Å². The van der Waals surface area contributed by atoms with Gasteiger partial charge < -0.3 is 20.1 Å². The molecule has 8 heteroatoms. The number of amides is 2. The van der Waals surface area contributed by atoms with Crippen molar-refractivity contribution in [2.75, 3.05) is 13.1 Å². The first-order valence-corrected chi connectivity index (χ1v) is 11.0. The van der Waals surface area contributed by atoms with Crippen LogP contribution in [0.3, 0.4) is 0 Å². The molecule has 0 spiro atoms. The van der Waals surface area contributed by atoms with Gasteiger partial charge in [0.1, 0.15) is 11.5 Å². The summed E-state index contributed by atoms with van der Waals surface area (Å²) in [6.45, 7) is 3.83. The number of esters is 2. The number of carbonyl (C=O) groups is 4. The summed E-state index contributed by atoms with van der Waals surface area (Å²) >= 11 is 0. The zero-order valence-corrected chi connectivity index (χ0v) is 19.0. The Hall–Kier alpha value is -3.68. The topological polar surface area (TPSA) is 111 Å². The van der Waals surface area contributed by atoms with Crippen molar-refractivity contribution in [3.63, 3.8) is 0 Å². The third-order valence-electron chi connectivity index (χ3n) is 4.68. The fraction of sp³-hybridized carbons (Fsp3) is 0.360. The van der Waals surface area contributed by atoms with Gasteiger partial charge in [-0.2, -0.15) is 0 Å². The van der Waals surface area contributed by atoms with Crippen LogP contribution in [0, 0.1) is 0 Å². The number of hydrogen-bond donors (Lipinski definition) is 2. The van der Waals surface area contributed by atoms with Gasteiger partial charge in [-0.1, -0.05) is 19.3 Å². The highest BCUT2D eigenvalue weighted by molar-refractivity contribution is 5.94. The Labute approximate surface area is 193 Å². The van der Waals surface area contributed by atoms with Crippen LogP contribution in [0.1, 0.15) is 66.7 Å². The van der Waals surface area contributed by atoms with Gasteiger partial charge in [-0.05, 0) is 61.4 Å². The molecule has 2 aromatic rings. The number of unbranched alkanes of at least 4 members (excludes halogenated alkanes) is 4. The van der Waals surface area contributed by atoms with Gasteiger partial charge in [0.25, 0.3) is 11.8 Å². The summed E-state index contributed by atoms with van der Waals surface area (Å²) in [7, 11) is 0. The molecule has 0 aromatic heterocycles. The lowest BCUT2D eigenvalue weighted by molar-refractivity contribution is -0.132. The maximum atomic E-state index is 12.1. The summed E-state index contributed by atoms with van der Waals surface area (Å²) in [6.07, 6.45) is 4.73. The van der Waals surface area contributed by atoms with Gasteiger partial charge in [0, 0.05) is 38.1 Å². The maximum absolute atomic E-state index is 12.1. The fourth-order valence-electron chi connectivity index (χ4n) is 3.07. The van der Waals surface area contributed by atoms with Crippen LogP contribution in [0.25, 0.3) is 0 Å². The highest BCUT2D eigenvalue weighted by Crippen LogP contribution is 2.13. The van der Waals surface area contributed by atoms with Gasteiger partial charge in [0.15, 0.2) is 0 Å². The third-order valence-corrected chi connectivity index (χ3v) is 4.68. The largest absolute Gasteiger partial charge is 0.427 e. The molecule has 0 aliphatic carbocycles. The maximum Gasteiger partial charge on any atom is 0.308 e. The Bertz CT molecular complexity index is 861. The summed E-state index contributed by atoms with van der Waals surface area (Å²) < 4.78 is 9.89. The Kier molecular flexibility index (Phi) is 10.6. The molecule has 8 nitrogen and oxygen atoms in total. The first-order valence-electron chi connectivity index (χ1n) is 11.0. The predicted octanol–water partition coefficient (Wildman–Crippen LogP) is 3.65. The van der Waals surface area contributed by atoms with Crippen LogP contribution in [0.4, 0.5) is 0 Å². The van der Waals surface area contributed by atoms with Gasteiger partial charge >= 0.3 is 11.9 Å². The minimum absolute atomic E-state index is 0.159. The second-order valence-corrected chi connectivity index (χ2v) is 7.52. The van der Waals surface area contributed by atoms with E-state index in [4.69, 9.17) is 9.47 Å². The van der Waals surface area contributed by atoms with E-state index in [2.05, 4.69) is 10.6 Å². The van der Waals surface area contributed by atoms with E-state index in [0.29, 0.717) is 35.7 Å². The molecule has 0 aliphatic heterocycles. The lowest BCUT2D eigenvalue weighted by Gasteiger charge is -2.07. The van der Waals surface area contributed by atoms with Crippen molar-refractivity contribution in [3.8, 4) is 11.5 Å². The number of carbonyl (C=O) groups excluding carboxylic acids is 4. The van der Waals surface area contributed by atoms with E-state index < -0.39 is 11.9 Å². The molecule has 2 N–H and O–H groups in total. The van der Waals surface area contributed by atoms with E-state index in [1.165, 1.54) is 13.8 Å². The summed E-state index contributed by atoms with van der Waals surface area (Å²) in [5.41, 5.74) is 1.03. The van der Waals surface area contributed by atoms with E-state index in [9.17, 15) is 19.2 Å². The van der Waals surface area contributed by atoms with Crippen molar-refractivity contribution < 1.29 is 28.7 Å². The van der Waals surface area contributed by atoms with E-state index in [0.717, 1.165) is 32.1 Å². The normalized spacial score (nSPS) is 10.2. The van der Waals surface area contributed by atoms with Crippen molar-refractivity contribution in [2.45, 2.75) is 46.0 Å². The number of benzene rings is 2. The Balaban J connectivity index is 1.52. The molecular formula is C25H30N2O6. The van der Waals surface area contributed by atoms with Gasteiger partial charge in [-0.15, -0.1) is 0 Å². The molecule has 0 fully saturated rings. The molecule has 2 amide bonds. The molecule has 0 bridgehead atoms. The second-order valence-electron chi connectivity index (χ2n) is 7.52. The third kappa shape index (κ3) is 9.99. The number of hydrogen-bond acceptors (Lipinski definition) is 6. The molecule has 0 aliphatic rings. The molecule has 0 saturated carbocycles. The van der Waals surface area contributed by atoms with Crippen LogP contribution >= 0.6 is 0 Å². The number of ether oxygens (including phenoxy) is 2. The van der Waals surface area contributed by atoms with Gasteiger partial charge in [-0.25, -0.2) is 0 Å². The van der Waals surface area contributed by atoms with E-state index >= 15 is 0 Å². The molecule has 0 saturated heterocycles. The zero-order chi connectivity index (χ0) is 24.1. The van der Waals surface area contributed by atoms with Crippen LogP contribution in [0.5, 0.6) is 11.5 Å². The Morgan fingerprint density at radius 3 is 1.24 bits per heavy atom. The monoisotopic (exact) mass is 454 g/mol. The van der Waals surface area contributed by atoms with Gasteiger partial charge in [0.2, 0.25) is 0 Å². The van der Waals surface area contributed by atoms with E-state index in [1.54, 1.807) is 48.5 Å². The predicted molar refractivity (Wildman–Crippen MR) is 123 cm³/mol. The molecule has 0 radical (unpaired) electrons. The quantitative estimate of drug-likeness (QED) is 0.288. The van der Waals surface area contributed by atoms with Crippen molar-refractivity contribution in [2.24, 2.45) is 0 Å². The van der Waals surface area contributed by atoms with Crippen LogP contribution < -0.4 is 20.1 Å². The number of nitrogens with one attached hydrogen (secondary N) is 2. The summed E-state index contributed by atoms with van der Waals surface area (Å²) in [6, 6.07) is 12.8. The Morgan fingerprint density at radius 1 is 0.576 bits per heavy atom. The molecule has 0 atom stereocenters. The lowest BCUT2D eigenvalue weighted by atomic mass is 10.1. The molecule has 0 unspecified atom stereocenters. The zero-order valence-electron chi connectivity index (χ0n) is 19.0. The summed E-state index contributed by atoms with van der Waals surface area (Å²) in [5.74, 6) is -0.301. The fourth-order valence-corrected chi connectivity index (χ4v) is 3.07. The van der Waals surface area contributed by atoms with Gasteiger partial charge in [-0.3, -0.25) is 19.2 Å². The molecule has 0 heterocycles. The van der Waals surface area contributed by atoms with Crippen molar-refractivity contribution in [3.05, 3.63) is 59.7 Å². The average molecular weight is 455 g/mol. The molecule has 176 valence electrons. The van der Waals surface area contributed by atoms with Crippen LogP contribution in [-0.2, 0) is 9.59 Å². The summed E-state index contributed by atoms with van der Waals surface area (Å²) in [4.78, 5) is 46.1. The van der Waals surface area contributed by atoms with Crippen LogP contribution in [0.2, 0.25) is 0 Å².